The molecule has 0 radical (unpaired) electrons. The Balaban J connectivity index is 1.78. The van der Waals surface area contributed by atoms with E-state index < -0.39 is 0 Å². The molecule has 1 aromatic carbocycles. The summed E-state index contributed by atoms with van der Waals surface area (Å²) in [5, 5.41) is 16.3. The van der Waals surface area contributed by atoms with Crippen molar-refractivity contribution in [1.29, 1.82) is 0 Å². The maximum absolute atomic E-state index is 12.6. The summed E-state index contributed by atoms with van der Waals surface area (Å²) in [6, 6.07) is 16.6. The molecule has 0 saturated heterocycles. The molecule has 0 bridgehead atoms. The largest absolute Gasteiger partial charge is 0.396 e. The maximum atomic E-state index is 12.6. The van der Waals surface area contributed by atoms with E-state index in [4.69, 9.17) is 5.11 Å². The molecule has 0 aliphatic carbocycles. The molecule has 3 rings (SSSR count). The van der Waals surface area contributed by atoms with Gasteiger partial charge in [-0.1, -0.05) is 36.4 Å². The standard InChI is InChI=1S/C19H20N4O2/c24-14-5-10-16(15-7-2-1-3-8-15)22-19(25)17-9-4-11-18(21-17)23-13-6-12-20-23/h1-4,6-9,11-13,16,24H,5,10,14H2,(H,22,25). The van der Waals surface area contributed by atoms with E-state index in [0.29, 0.717) is 24.4 Å². The maximum Gasteiger partial charge on any atom is 0.270 e. The number of hydrogen-bond acceptors (Lipinski definition) is 4. The van der Waals surface area contributed by atoms with Crippen molar-refractivity contribution in [2.45, 2.75) is 18.9 Å². The average molecular weight is 336 g/mol. The molecule has 1 atom stereocenters. The first kappa shape index (κ1) is 16.9. The van der Waals surface area contributed by atoms with Gasteiger partial charge in [-0.2, -0.15) is 5.10 Å². The van der Waals surface area contributed by atoms with Crippen molar-refractivity contribution in [2.75, 3.05) is 6.61 Å². The molecule has 0 aliphatic rings. The summed E-state index contributed by atoms with van der Waals surface area (Å²) in [7, 11) is 0. The molecule has 0 fully saturated rings. The van der Waals surface area contributed by atoms with Crippen LogP contribution in [0, 0.1) is 0 Å². The lowest BCUT2D eigenvalue weighted by Gasteiger charge is -2.19. The summed E-state index contributed by atoms with van der Waals surface area (Å²) >= 11 is 0. The van der Waals surface area contributed by atoms with Crippen LogP contribution in [0.2, 0.25) is 0 Å². The predicted octanol–water partition coefficient (Wildman–Crippen LogP) is 2.51. The highest BCUT2D eigenvalue weighted by atomic mass is 16.3. The second kappa shape index (κ2) is 8.21. The van der Waals surface area contributed by atoms with Gasteiger partial charge in [0.2, 0.25) is 0 Å². The van der Waals surface area contributed by atoms with E-state index >= 15 is 0 Å². The van der Waals surface area contributed by atoms with Gasteiger partial charge in [0.05, 0.1) is 6.04 Å². The van der Waals surface area contributed by atoms with Gasteiger partial charge in [0.15, 0.2) is 5.82 Å². The van der Waals surface area contributed by atoms with Crippen LogP contribution in [0.1, 0.15) is 34.9 Å². The van der Waals surface area contributed by atoms with Crippen LogP contribution in [-0.4, -0.2) is 32.4 Å². The van der Waals surface area contributed by atoms with Crippen LogP contribution in [0.4, 0.5) is 0 Å². The average Bonchev–Trinajstić information content (AvgIpc) is 3.20. The first-order valence-electron chi connectivity index (χ1n) is 8.21. The smallest absolute Gasteiger partial charge is 0.270 e. The van der Waals surface area contributed by atoms with E-state index in [1.807, 2.05) is 30.3 Å². The van der Waals surface area contributed by atoms with Crippen LogP contribution >= 0.6 is 0 Å². The molecular formula is C19H20N4O2. The first-order valence-corrected chi connectivity index (χ1v) is 8.21. The number of amides is 1. The van der Waals surface area contributed by atoms with Crippen molar-refractivity contribution < 1.29 is 9.90 Å². The lowest BCUT2D eigenvalue weighted by Crippen LogP contribution is -2.29. The summed E-state index contributed by atoms with van der Waals surface area (Å²) in [4.78, 5) is 17.0. The zero-order valence-corrected chi connectivity index (χ0v) is 13.7. The van der Waals surface area contributed by atoms with Crippen LogP contribution in [0.15, 0.2) is 67.0 Å². The fraction of sp³-hybridized carbons (Fsp3) is 0.211. The molecule has 128 valence electrons. The number of nitrogens with one attached hydrogen (secondary N) is 1. The number of hydrogen-bond donors (Lipinski definition) is 2. The molecule has 2 N–H and O–H groups in total. The van der Waals surface area contributed by atoms with Gasteiger partial charge in [-0.25, -0.2) is 9.67 Å². The zero-order valence-electron chi connectivity index (χ0n) is 13.7. The molecule has 2 heterocycles. The number of aliphatic hydroxyl groups excluding tert-OH is 1. The fourth-order valence-corrected chi connectivity index (χ4v) is 2.62. The Hall–Kier alpha value is -2.99. The molecule has 3 aromatic rings. The summed E-state index contributed by atoms with van der Waals surface area (Å²) in [6.45, 7) is 0.0895. The van der Waals surface area contributed by atoms with Crippen molar-refractivity contribution >= 4 is 5.91 Å². The number of rotatable bonds is 7. The van der Waals surface area contributed by atoms with Crippen LogP contribution in [0.25, 0.3) is 5.82 Å². The van der Waals surface area contributed by atoms with Gasteiger partial charge >= 0.3 is 0 Å². The number of benzene rings is 1. The quantitative estimate of drug-likeness (QED) is 0.695. The van der Waals surface area contributed by atoms with Crippen LogP contribution in [0.5, 0.6) is 0 Å². The summed E-state index contributed by atoms with van der Waals surface area (Å²) in [6.07, 6.45) is 4.71. The molecule has 0 saturated carbocycles. The number of aliphatic hydroxyl groups is 1. The minimum atomic E-state index is -0.249. The highest BCUT2D eigenvalue weighted by Gasteiger charge is 2.16. The minimum Gasteiger partial charge on any atom is -0.396 e. The molecule has 1 unspecified atom stereocenters. The van der Waals surface area contributed by atoms with E-state index in [-0.39, 0.29) is 18.6 Å². The SMILES string of the molecule is O=C(NC(CCCO)c1ccccc1)c1cccc(-n2cccn2)n1. The minimum absolute atomic E-state index is 0.0895. The van der Waals surface area contributed by atoms with Crippen molar-refractivity contribution in [3.05, 3.63) is 78.2 Å². The van der Waals surface area contributed by atoms with E-state index in [1.165, 1.54) is 0 Å². The van der Waals surface area contributed by atoms with Gasteiger partial charge in [-0.15, -0.1) is 0 Å². The summed E-state index contributed by atoms with van der Waals surface area (Å²) in [5.74, 6) is 0.338. The Morgan fingerprint density at radius 3 is 2.68 bits per heavy atom. The lowest BCUT2D eigenvalue weighted by molar-refractivity contribution is 0.0927. The van der Waals surface area contributed by atoms with E-state index in [2.05, 4.69) is 15.4 Å². The van der Waals surface area contributed by atoms with Gasteiger partial charge in [0.1, 0.15) is 5.69 Å². The van der Waals surface area contributed by atoms with Crippen LogP contribution < -0.4 is 5.32 Å². The Morgan fingerprint density at radius 1 is 1.12 bits per heavy atom. The number of carbonyl (C=O) groups excluding carboxylic acids is 1. The second-order valence-electron chi connectivity index (χ2n) is 5.63. The molecule has 2 aromatic heterocycles. The molecule has 6 nitrogen and oxygen atoms in total. The number of aromatic nitrogens is 3. The van der Waals surface area contributed by atoms with Crippen LogP contribution in [-0.2, 0) is 0 Å². The van der Waals surface area contributed by atoms with Gasteiger partial charge < -0.3 is 10.4 Å². The monoisotopic (exact) mass is 336 g/mol. The Kier molecular flexibility index (Phi) is 5.53. The first-order chi connectivity index (χ1) is 12.3. The topological polar surface area (TPSA) is 80.0 Å². The molecule has 6 heteroatoms. The third-order valence-corrected chi connectivity index (χ3v) is 3.86. The van der Waals surface area contributed by atoms with Gasteiger partial charge in [0.25, 0.3) is 5.91 Å². The molecule has 0 aliphatic heterocycles. The number of carbonyl (C=O) groups is 1. The normalized spacial score (nSPS) is 11.9. The third-order valence-electron chi connectivity index (χ3n) is 3.86. The van der Waals surface area contributed by atoms with Gasteiger partial charge in [-0.05, 0) is 36.6 Å². The lowest BCUT2D eigenvalue weighted by atomic mass is 10.0. The van der Waals surface area contributed by atoms with Crippen molar-refractivity contribution in [2.24, 2.45) is 0 Å². The molecule has 25 heavy (non-hydrogen) atoms. The van der Waals surface area contributed by atoms with Crippen LogP contribution in [0.3, 0.4) is 0 Å². The second-order valence-corrected chi connectivity index (χ2v) is 5.63. The van der Waals surface area contributed by atoms with E-state index in [9.17, 15) is 4.79 Å². The Labute approximate surface area is 146 Å². The predicted molar refractivity (Wildman–Crippen MR) is 94.3 cm³/mol. The van der Waals surface area contributed by atoms with Crippen molar-refractivity contribution in [1.82, 2.24) is 20.1 Å². The van der Waals surface area contributed by atoms with Gasteiger partial charge in [0, 0.05) is 19.0 Å². The summed E-state index contributed by atoms with van der Waals surface area (Å²) < 4.78 is 1.61. The van der Waals surface area contributed by atoms with E-state index in [1.54, 1.807) is 41.3 Å². The number of nitrogens with zero attached hydrogens (tertiary/aromatic N) is 3. The van der Waals surface area contributed by atoms with E-state index in [0.717, 1.165) is 5.56 Å². The van der Waals surface area contributed by atoms with Crippen molar-refractivity contribution in [3.8, 4) is 5.82 Å². The summed E-state index contributed by atoms with van der Waals surface area (Å²) in [5.41, 5.74) is 1.34. The van der Waals surface area contributed by atoms with Gasteiger partial charge in [-0.3, -0.25) is 4.79 Å². The Morgan fingerprint density at radius 2 is 1.96 bits per heavy atom. The number of pyridine rings is 1. The third kappa shape index (κ3) is 4.30. The highest BCUT2D eigenvalue weighted by Crippen LogP contribution is 2.19. The highest BCUT2D eigenvalue weighted by molar-refractivity contribution is 5.92. The fourth-order valence-electron chi connectivity index (χ4n) is 2.62. The molecule has 0 spiro atoms. The molecule has 1 amide bonds. The zero-order chi connectivity index (χ0) is 17.5. The molecular weight excluding hydrogens is 316 g/mol. The Bertz CT molecular complexity index is 803. The van der Waals surface area contributed by atoms with Crippen molar-refractivity contribution in [3.63, 3.8) is 0 Å².